The van der Waals surface area contributed by atoms with E-state index in [1.165, 1.54) is 45.2 Å². The van der Waals surface area contributed by atoms with Gasteiger partial charge >= 0.3 is 0 Å². The zero-order chi connectivity index (χ0) is 12.0. The highest BCUT2D eigenvalue weighted by Crippen LogP contribution is 2.18. The highest BCUT2D eigenvalue weighted by Gasteiger charge is 2.26. The Hall–Kier alpha value is -0.0800. The topological polar surface area (TPSA) is 15.3 Å². The van der Waals surface area contributed by atoms with E-state index in [1.807, 2.05) is 0 Å². The molecule has 0 amide bonds. The Morgan fingerprint density at radius 1 is 1.25 bits per heavy atom. The van der Waals surface area contributed by atoms with Gasteiger partial charge in [0.25, 0.3) is 0 Å². The van der Waals surface area contributed by atoms with Crippen LogP contribution in [0, 0.1) is 0 Å². The van der Waals surface area contributed by atoms with Crippen molar-refractivity contribution in [2.75, 3.05) is 13.1 Å². The zero-order valence-electron chi connectivity index (χ0n) is 11.6. The number of nitrogens with zero attached hydrogens (tertiary/aromatic N) is 1. The van der Waals surface area contributed by atoms with Gasteiger partial charge in [-0.15, -0.1) is 0 Å². The summed E-state index contributed by atoms with van der Waals surface area (Å²) in [6.45, 7) is 11.8. The summed E-state index contributed by atoms with van der Waals surface area (Å²) in [6, 6.07) is 2.25. The molecule has 0 radical (unpaired) electrons. The molecule has 0 bridgehead atoms. The Bertz CT molecular complexity index is 178. The van der Waals surface area contributed by atoms with Crippen LogP contribution in [-0.2, 0) is 0 Å². The van der Waals surface area contributed by atoms with Crippen LogP contribution in [-0.4, -0.2) is 36.1 Å². The molecule has 2 heteroatoms. The lowest BCUT2D eigenvalue weighted by Crippen LogP contribution is -2.45. The van der Waals surface area contributed by atoms with Crippen molar-refractivity contribution < 1.29 is 0 Å². The maximum absolute atomic E-state index is 3.70. The van der Waals surface area contributed by atoms with E-state index in [1.54, 1.807) is 0 Å². The first-order chi connectivity index (χ1) is 7.72. The summed E-state index contributed by atoms with van der Waals surface area (Å²) < 4.78 is 0. The fraction of sp³-hybridized carbons (Fsp3) is 1.00. The average molecular weight is 226 g/mol. The normalized spacial score (nSPS) is 28.3. The van der Waals surface area contributed by atoms with Gasteiger partial charge in [0.15, 0.2) is 0 Å². The molecule has 0 aromatic heterocycles. The number of nitrogens with one attached hydrogen (secondary N) is 1. The molecule has 1 saturated heterocycles. The molecule has 1 fully saturated rings. The lowest BCUT2D eigenvalue weighted by Gasteiger charge is -2.35. The van der Waals surface area contributed by atoms with E-state index in [2.05, 4.69) is 37.9 Å². The van der Waals surface area contributed by atoms with Gasteiger partial charge < -0.3 is 5.32 Å². The Morgan fingerprint density at radius 3 is 2.50 bits per heavy atom. The van der Waals surface area contributed by atoms with Crippen LogP contribution in [0.4, 0.5) is 0 Å². The molecule has 2 atom stereocenters. The Balaban J connectivity index is 2.61. The zero-order valence-corrected chi connectivity index (χ0v) is 11.6. The molecule has 96 valence electrons. The van der Waals surface area contributed by atoms with Crippen molar-refractivity contribution in [1.29, 1.82) is 0 Å². The monoisotopic (exact) mass is 226 g/mol. The van der Waals surface area contributed by atoms with E-state index in [-0.39, 0.29) is 0 Å². The van der Waals surface area contributed by atoms with Gasteiger partial charge in [0.2, 0.25) is 0 Å². The summed E-state index contributed by atoms with van der Waals surface area (Å²) >= 11 is 0. The van der Waals surface area contributed by atoms with Gasteiger partial charge in [-0.2, -0.15) is 0 Å². The molecule has 1 N–H and O–H groups in total. The third kappa shape index (κ3) is 3.74. The van der Waals surface area contributed by atoms with Crippen LogP contribution < -0.4 is 5.32 Å². The molecule has 2 unspecified atom stereocenters. The van der Waals surface area contributed by atoms with Crippen LogP contribution in [0.5, 0.6) is 0 Å². The Morgan fingerprint density at radius 2 is 1.94 bits per heavy atom. The van der Waals surface area contributed by atoms with E-state index in [9.17, 15) is 0 Å². The largest absolute Gasteiger partial charge is 0.313 e. The van der Waals surface area contributed by atoms with Gasteiger partial charge in [-0.05, 0) is 39.2 Å². The average Bonchev–Trinajstić information content (AvgIpc) is 2.45. The fourth-order valence-corrected chi connectivity index (χ4v) is 2.97. The van der Waals surface area contributed by atoms with E-state index in [0.29, 0.717) is 0 Å². The molecule has 2 nitrogen and oxygen atoms in total. The number of hydrogen-bond acceptors (Lipinski definition) is 2. The predicted octanol–water partition coefficient (Wildman–Crippen LogP) is 3.03. The van der Waals surface area contributed by atoms with E-state index in [4.69, 9.17) is 0 Å². The number of hydrogen-bond donors (Lipinski definition) is 1. The van der Waals surface area contributed by atoms with Gasteiger partial charge in [-0.1, -0.05) is 27.2 Å². The summed E-state index contributed by atoms with van der Waals surface area (Å²) in [5.74, 6) is 0. The van der Waals surface area contributed by atoms with Gasteiger partial charge in [0.1, 0.15) is 0 Å². The minimum Gasteiger partial charge on any atom is -0.313 e. The first-order valence-corrected chi connectivity index (χ1v) is 7.21. The van der Waals surface area contributed by atoms with Crippen LogP contribution in [0.2, 0.25) is 0 Å². The van der Waals surface area contributed by atoms with Crippen molar-refractivity contribution in [2.24, 2.45) is 0 Å². The van der Waals surface area contributed by atoms with Crippen LogP contribution in [0.3, 0.4) is 0 Å². The maximum atomic E-state index is 3.70. The SMILES string of the molecule is CCCC1CN(C(CC)CC)C(C)CCN1. The van der Waals surface area contributed by atoms with Gasteiger partial charge in [-0.25, -0.2) is 0 Å². The van der Waals surface area contributed by atoms with Gasteiger partial charge in [0, 0.05) is 24.7 Å². The van der Waals surface area contributed by atoms with E-state index in [0.717, 1.165) is 18.1 Å². The molecule has 0 aliphatic carbocycles. The molecular formula is C14H30N2. The van der Waals surface area contributed by atoms with Crippen molar-refractivity contribution in [2.45, 2.75) is 77.9 Å². The summed E-state index contributed by atoms with van der Waals surface area (Å²) in [6.07, 6.45) is 6.50. The van der Waals surface area contributed by atoms with Crippen LogP contribution in [0.1, 0.15) is 59.8 Å². The molecule has 1 heterocycles. The summed E-state index contributed by atoms with van der Waals surface area (Å²) in [5.41, 5.74) is 0. The smallest absolute Gasteiger partial charge is 0.0195 e. The molecule has 0 aromatic rings. The third-order valence-electron chi connectivity index (χ3n) is 4.04. The summed E-state index contributed by atoms with van der Waals surface area (Å²) in [4.78, 5) is 2.75. The quantitative estimate of drug-likeness (QED) is 0.775. The lowest BCUT2D eigenvalue weighted by molar-refractivity contribution is 0.130. The first-order valence-electron chi connectivity index (χ1n) is 7.21. The lowest BCUT2D eigenvalue weighted by atomic mass is 10.0. The Kier molecular flexibility index (Phi) is 6.37. The summed E-state index contributed by atoms with van der Waals surface area (Å²) in [5, 5.41) is 3.70. The molecule has 0 aromatic carbocycles. The fourth-order valence-electron chi connectivity index (χ4n) is 2.97. The minimum absolute atomic E-state index is 0.718. The molecular weight excluding hydrogens is 196 g/mol. The molecule has 0 saturated carbocycles. The summed E-state index contributed by atoms with van der Waals surface area (Å²) in [7, 11) is 0. The second kappa shape index (κ2) is 7.29. The van der Waals surface area contributed by atoms with E-state index >= 15 is 0 Å². The molecule has 16 heavy (non-hydrogen) atoms. The van der Waals surface area contributed by atoms with Gasteiger partial charge in [-0.3, -0.25) is 4.90 Å². The second-order valence-corrected chi connectivity index (χ2v) is 5.24. The molecule has 1 aliphatic rings. The van der Waals surface area contributed by atoms with Crippen LogP contribution in [0.15, 0.2) is 0 Å². The van der Waals surface area contributed by atoms with E-state index < -0.39 is 0 Å². The highest BCUT2D eigenvalue weighted by molar-refractivity contribution is 4.84. The van der Waals surface area contributed by atoms with Crippen molar-refractivity contribution in [3.8, 4) is 0 Å². The predicted molar refractivity (Wildman–Crippen MR) is 71.9 cm³/mol. The molecule has 0 spiro atoms. The third-order valence-corrected chi connectivity index (χ3v) is 4.04. The van der Waals surface area contributed by atoms with Crippen molar-refractivity contribution in [3.05, 3.63) is 0 Å². The molecule has 1 rings (SSSR count). The Labute approximate surface area is 102 Å². The standard InChI is InChI=1S/C14H30N2/c1-5-8-13-11-16(14(6-2)7-3)12(4)9-10-15-13/h12-15H,5-11H2,1-4H3. The van der Waals surface area contributed by atoms with Crippen molar-refractivity contribution in [3.63, 3.8) is 0 Å². The minimum atomic E-state index is 0.718. The van der Waals surface area contributed by atoms with Crippen LogP contribution in [0.25, 0.3) is 0 Å². The van der Waals surface area contributed by atoms with Crippen molar-refractivity contribution in [1.82, 2.24) is 10.2 Å². The van der Waals surface area contributed by atoms with Gasteiger partial charge in [0.05, 0.1) is 0 Å². The molecule has 1 aliphatic heterocycles. The van der Waals surface area contributed by atoms with Crippen molar-refractivity contribution >= 4 is 0 Å². The highest BCUT2D eigenvalue weighted by atomic mass is 15.2. The first kappa shape index (κ1) is 14.0. The number of rotatable bonds is 5. The second-order valence-electron chi connectivity index (χ2n) is 5.24. The van der Waals surface area contributed by atoms with Crippen LogP contribution >= 0.6 is 0 Å². The maximum Gasteiger partial charge on any atom is 0.0195 e.